The first-order valence-corrected chi connectivity index (χ1v) is 8.19. The lowest BCUT2D eigenvalue weighted by molar-refractivity contribution is 0.0602. The molecular weight excluding hydrogens is 274 g/mol. The molecule has 0 bridgehead atoms. The van der Waals surface area contributed by atoms with Gasteiger partial charge in [-0.3, -0.25) is 4.98 Å². The van der Waals surface area contributed by atoms with Crippen LogP contribution in [-0.4, -0.2) is 18.1 Å². The van der Waals surface area contributed by atoms with Crippen LogP contribution < -0.4 is 0 Å². The molecule has 22 heavy (non-hydrogen) atoms. The van der Waals surface area contributed by atoms with E-state index in [1.54, 1.807) is 0 Å². The van der Waals surface area contributed by atoms with Crippen LogP contribution in [0, 0.1) is 0 Å². The SMILES string of the molecule is CCCCC(CCC)c1cc(C(=O)OC)c2ccccc2n1. The van der Waals surface area contributed by atoms with Crippen LogP contribution in [0.5, 0.6) is 0 Å². The van der Waals surface area contributed by atoms with Gasteiger partial charge in [0.25, 0.3) is 0 Å². The zero-order chi connectivity index (χ0) is 15.9. The number of nitrogens with zero attached hydrogens (tertiary/aromatic N) is 1. The molecule has 0 saturated heterocycles. The molecule has 0 aliphatic carbocycles. The fourth-order valence-electron chi connectivity index (χ4n) is 2.92. The van der Waals surface area contributed by atoms with E-state index in [0.717, 1.165) is 35.9 Å². The second-order valence-electron chi connectivity index (χ2n) is 5.73. The van der Waals surface area contributed by atoms with Crippen LogP contribution in [0.4, 0.5) is 0 Å². The zero-order valence-electron chi connectivity index (χ0n) is 13.8. The molecule has 1 unspecified atom stereocenters. The van der Waals surface area contributed by atoms with Gasteiger partial charge >= 0.3 is 5.97 Å². The average molecular weight is 299 g/mol. The quantitative estimate of drug-likeness (QED) is 0.668. The fraction of sp³-hybridized carbons (Fsp3) is 0.474. The van der Waals surface area contributed by atoms with Gasteiger partial charge in [0, 0.05) is 17.0 Å². The van der Waals surface area contributed by atoms with Crippen LogP contribution in [0.25, 0.3) is 10.9 Å². The highest BCUT2D eigenvalue weighted by Gasteiger charge is 2.18. The molecule has 0 saturated carbocycles. The topological polar surface area (TPSA) is 39.2 Å². The number of esters is 1. The normalized spacial score (nSPS) is 12.3. The molecule has 0 radical (unpaired) electrons. The second-order valence-corrected chi connectivity index (χ2v) is 5.73. The third kappa shape index (κ3) is 3.65. The highest BCUT2D eigenvalue weighted by molar-refractivity contribution is 6.03. The molecular formula is C19H25NO2. The van der Waals surface area contributed by atoms with E-state index in [1.165, 1.54) is 20.0 Å². The summed E-state index contributed by atoms with van der Waals surface area (Å²) in [5, 5.41) is 0.865. The number of para-hydroxylation sites is 1. The Labute approximate surface area is 132 Å². The lowest BCUT2D eigenvalue weighted by atomic mass is 9.91. The molecule has 2 aromatic rings. The number of fused-ring (bicyclic) bond motifs is 1. The molecule has 0 N–H and O–H groups in total. The van der Waals surface area contributed by atoms with Gasteiger partial charge in [-0.2, -0.15) is 0 Å². The standard InChI is InChI=1S/C19H25NO2/c1-4-6-10-14(9-5-2)18-13-16(19(21)22-3)15-11-7-8-12-17(15)20-18/h7-8,11-14H,4-6,9-10H2,1-3H3. The van der Waals surface area contributed by atoms with E-state index in [9.17, 15) is 4.79 Å². The zero-order valence-corrected chi connectivity index (χ0v) is 13.8. The molecule has 3 heteroatoms. The van der Waals surface area contributed by atoms with Crippen molar-refractivity contribution < 1.29 is 9.53 Å². The van der Waals surface area contributed by atoms with Crippen molar-refractivity contribution in [2.45, 2.75) is 51.9 Å². The van der Waals surface area contributed by atoms with Crippen molar-refractivity contribution >= 4 is 16.9 Å². The molecule has 0 fully saturated rings. The predicted molar refractivity (Wildman–Crippen MR) is 90.3 cm³/mol. The van der Waals surface area contributed by atoms with E-state index in [4.69, 9.17) is 9.72 Å². The minimum Gasteiger partial charge on any atom is -0.465 e. The summed E-state index contributed by atoms with van der Waals surface area (Å²) in [6, 6.07) is 9.72. The van der Waals surface area contributed by atoms with Gasteiger partial charge in [-0.15, -0.1) is 0 Å². The molecule has 0 aliphatic rings. The average Bonchev–Trinajstić information content (AvgIpc) is 2.56. The van der Waals surface area contributed by atoms with Crippen molar-refractivity contribution in [1.29, 1.82) is 0 Å². The van der Waals surface area contributed by atoms with Crippen LogP contribution in [-0.2, 0) is 4.74 Å². The lowest BCUT2D eigenvalue weighted by Crippen LogP contribution is -2.08. The van der Waals surface area contributed by atoms with E-state index in [-0.39, 0.29) is 5.97 Å². The number of rotatable bonds is 7. The van der Waals surface area contributed by atoms with Crippen LogP contribution in [0.1, 0.15) is 67.9 Å². The van der Waals surface area contributed by atoms with Crippen molar-refractivity contribution in [3.05, 3.63) is 41.6 Å². The Hall–Kier alpha value is -1.90. The molecule has 0 spiro atoms. The highest BCUT2D eigenvalue weighted by Crippen LogP contribution is 2.29. The predicted octanol–water partition coefficient (Wildman–Crippen LogP) is 5.10. The Morgan fingerprint density at radius 1 is 1.18 bits per heavy atom. The molecule has 1 aromatic heterocycles. The van der Waals surface area contributed by atoms with Gasteiger partial charge in [0.2, 0.25) is 0 Å². The third-order valence-corrected chi connectivity index (χ3v) is 4.10. The summed E-state index contributed by atoms with van der Waals surface area (Å²) in [4.78, 5) is 16.9. The Balaban J connectivity index is 2.50. The molecule has 0 aliphatic heterocycles. The number of hydrogen-bond acceptors (Lipinski definition) is 3. The van der Waals surface area contributed by atoms with Gasteiger partial charge in [0.05, 0.1) is 18.2 Å². The first kappa shape index (κ1) is 16.5. The fourth-order valence-corrected chi connectivity index (χ4v) is 2.92. The largest absolute Gasteiger partial charge is 0.465 e. The molecule has 118 valence electrons. The van der Waals surface area contributed by atoms with E-state index < -0.39 is 0 Å². The number of hydrogen-bond donors (Lipinski definition) is 0. The molecule has 3 nitrogen and oxygen atoms in total. The minimum absolute atomic E-state index is 0.286. The van der Waals surface area contributed by atoms with E-state index in [1.807, 2.05) is 30.3 Å². The van der Waals surface area contributed by atoms with Crippen molar-refractivity contribution in [2.24, 2.45) is 0 Å². The van der Waals surface area contributed by atoms with Crippen LogP contribution in [0.15, 0.2) is 30.3 Å². The van der Waals surface area contributed by atoms with Gasteiger partial charge in [-0.25, -0.2) is 4.79 Å². The number of carbonyl (C=O) groups excluding carboxylic acids is 1. The van der Waals surface area contributed by atoms with E-state index >= 15 is 0 Å². The number of methoxy groups -OCH3 is 1. The van der Waals surface area contributed by atoms with Gasteiger partial charge in [0.1, 0.15) is 0 Å². The second kappa shape index (κ2) is 7.92. The minimum atomic E-state index is -0.286. The Morgan fingerprint density at radius 2 is 1.95 bits per heavy atom. The van der Waals surface area contributed by atoms with E-state index in [0.29, 0.717) is 11.5 Å². The Kier molecular flexibility index (Phi) is 5.93. The maximum atomic E-state index is 12.1. The van der Waals surface area contributed by atoms with E-state index in [2.05, 4.69) is 13.8 Å². The number of aromatic nitrogens is 1. The monoisotopic (exact) mass is 299 g/mol. The Bertz CT molecular complexity index is 636. The van der Waals surface area contributed by atoms with Gasteiger partial charge < -0.3 is 4.74 Å². The van der Waals surface area contributed by atoms with Crippen LogP contribution >= 0.6 is 0 Å². The van der Waals surface area contributed by atoms with Gasteiger partial charge in [-0.05, 0) is 25.0 Å². The number of carbonyl (C=O) groups is 1. The summed E-state index contributed by atoms with van der Waals surface area (Å²) in [5.41, 5.74) is 2.52. The van der Waals surface area contributed by atoms with Crippen molar-refractivity contribution in [3.63, 3.8) is 0 Å². The number of ether oxygens (including phenoxy) is 1. The molecule has 1 aromatic carbocycles. The number of benzene rings is 1. The molecule has 2 rings (SSSR count). The van der Waals surface area contributed by atoms with Gasteiger partial charge in [0.15, 0.2) is 0 Å². The summed E-state index contributed by atoms with van der Waals surface area (Å²) < 4.78 is 4.95. The molecule has 1 atom stereocenters. The Morgan fingerprint density at radius 3 is 2.64 bits per heavy atom. The van der Waals surface area contributed by atoms with Crippen molar-refractivity contribution in [2.75, 3.05) is 7.11 Å². The number of unbranched alkanes of at least 4 members (excludes halogenated alkanes) is 1. The maximum absolute atomic E-state index is 12.1. The summed E-state index contributed by atoms with van der Waals surface area (Å²) in [5.74, 6) is 0.128. The molecule has 1 heterocycles. The van der Waals surface area contributed by atoms with Crippen LogP contribution in [0.3, 0.4) is 0 Å². The van der Waals surface area contributed by atoms with Gasteiger partial charge in [-0.1, -0.05) is 51.3 Å². The van der Waals surface area contributed by atoms with Crippen LogP contribution in [0.2, 0.25) is 0 Å². The van der Waals surface area contributed by atoms with Crippen molar-refractivity contribution in [3.8, 4) is 0 Å². The summed E-state index contributed by atoms with van der Waals surface area (Å²) in [6.07, 6.45) is 5.71. The lowest BCUT2D eigenvalue weighted by Gasteiger charge is -2.17. The summed E-state index contributed by atoms with van der Waals surface area (Å²) in [7, 11) is 1.43. The summed E-state index contributed by atoms with van der Waals surface area (Å²) in [6.45, 7) is 4.40. The maximum Gasteiger partial charge on any atom is 0.338 e. The van der Waals surface area contributed by atoms with Crippen molar-refractivity contribution in [1.82, 2.24) is 4.98 Å². The third-order valence-electron chi connectivity index (χ3n) is 4.10. The summed E-state index contributed by atoms with van der Waals surface area (Å²) >= 11 is 0. The highest BCUT2D eigenvalue weighted by atomic mass is 16.5. The molecule has 0 amide bonds. The first-order chi connectivity index (χ1) is 10.7. The number of pyridine rings is 1. The first-order valence-electron chi connectivity index (χ1n) is 8.19. The smallest absolute Gasteiger partial charge is 0.338 e.